The largest absolute Gasteiger partial charge is 0.497 e. The first-order chi connectivity index (χ1) is 13.4. The number of amides is 1. The van der Waals surface area contributed by atoms with E-state index >= 15 is 0 Å². The van der Waals surface area contributed by atoms with Gasteiger partial charge >= 0.3 is 0 Å². The van der Waals surface area contributed by atoms with Gasteiger partial charge in [0.15, 0.2) is 0 Å². The molecular weight excluding hydrogens is 360 g/mol. The van der Waals surface area contributed by atoms with Crippen LogP contribution in [0.5, 0.6) is 11.5 Å². The van der Waals surface area contributed by atoms with Crippen molar-refractivity contribution in [1.82, 2.24) is 14.8 Å². The van der Waals surface area contributed by atoms with Crippen LogP contribution in [0.1, 0.15) is 24.2 Å². The van der Waals surface area contributed by atoms with E-state index in [1.54, 1.807) is 32.4 Å². The third kappa shape index (κ3) is 4.00. The Bertz CT molecular complexity index is 968. The standard InChI is InChI=1S/C20H24N4O4/c1-6-19-22-23-20(28-19)17-7-12(2)24(13(17)3)11-18(25)21-14-8-15(26-4)10-16(9-14)27-5/h7-10H,6,11H2,1-5H3,(H,21,25). The fraction of sp³-hybridized carbons (Fsp3) is 0.350. The summed E-state index contributed by atoms with van der Waals surface area (Å²) in [6.07, 6.45) is 0.679. The molecule has 0 aliphatic carbocycles. The zero-order valence-electron chi connectivity index (χ0n) is 16.7. The summed E-state index contributed by atoms with van der Waals surface area (Å²) in [7, 11) is 3.13. The summed E-state index contributed by atoms with van der Waals surface area (Å²) in [5.41, 5.74) is 3.26. The highest BCUT2D eigenvalue weighted by molar-refractivity contribution is 5.91. The molecule has 0 bridgehead atoms. The van der Waals surface area contributed by atoms with Crippen LogP contribution in [0.2, 0.25) is 0 Å². The third-order valence-electron chi connectivity index (χ3n) is 4.51. The van der Waals surface area contributed by atoms with E-state index in [0.29, 0.717) is 35.4 Å². The number of nitrogens with one attached hydrogen (secondary N) is 1. The Labute approximate surface area is 163 Å². The van der Waals surface area contributed by atoms with Gasteiger partial charge in [-0.15, -0.1) is 10.2 Å². The van der Waals surface area contributed by atoms with E-state index in [-0.39, 0.29) is 12.5 Å². The van der Waals surface area contributed by atoms with Crippen LogP contribution < -0.4 is 14.8 Å². The van der Waals surface area contributed by atoms with Crippen molar-refractivity contribution in [2.75, 3.05) is 19.5 Å². The molecule has 0 unspecified atom stereocenters. The average Bonchev–Trinajstić information content (AvgIpc) is 3.27. The molecule has 0 fully saturated rings. The van der Waals surface area contributed by atoms with Gasteiger partial charge < -0.3 is 23.8 Å². The Morgan fingerprint density at radius 1 is 1.11 bits per heavy atom. The Morgan fingerprint density at radius 3 is 2.36 bits per heavy atom. The quantitative estimate of drug-likeness (QED) is 0.671. The van der Waals surface area contributed by atoms with E-state index in [9.17, 15) is 4.79 Å². The van der Waals surface area contributed by atoms with Crippen LogP contribution in [0.4, 0.5) is 5.69 Å². The van der Waals surface area contributed by atoms with Crippen molar-refractivity contribution in [3.05, 3.63) is 41.5 Å². The molecule has 148 valence electrons. The lowest BCUT2D eigenvalue weighted by Gasteiger charge is -2.12. The predicted molar refractivity (Wildman–Crippen MR) is 105 cm³/mol. The molecule has 0 spiro atoms. The number of nitrogens with zero attached hydrogens (tertiary/aromatic N) is 3. The van der Waals surface area contributed by atoms with Crippen LogP contribution in [0.3, 0.4) is 0 Å². The number of aromatic nitrogens is 3. The molecule has 0 aliphatic rings. The third-order valence-corrected chi connectivity index (χ3v) is 4.51. The summed E-state index contributed by atoms with van der Waals surface area (Å²) < 4.78 is 18.0. The Balaban J connectivity index is 1.79. The molecule has 0 saturated heterocycles. The first kappa shape index (κ1) is 19.5. The van der Waals surface area contributed by atoms with E-state index in [0.717, 1.165) is 17.0 Å². The Morgan fingerprint density at radius 2 is 1.79 bits per heavy atom. The van der Waals surface area contributed by atoms with Gasteiger partial charge in [-0.05, 0) is 19.9 Å². The first-order valence-electron chi connectivity index (χ1n) is 8.97. The average molecular weight is 384 g/mol. The highest BCUT2D eigenvalue weighted by Gasteiger charge is 2.18. The van der Waals surface area contributed by atoms with Crippen molar-refractivity contribution in [1.29, 1.82) is 0 Å². The number of hydrogen-bond acceptors (Lipinski definition) is 6. The van der Waals surface area contributed by atoms with Crippen LogP contribution in [-0.4, -0.2) is 34.9 Å². The number of rotatable bonds is 7. The van der Waals surface area contributed by atoms with Crippen LogP contribution in [0.15, 0.2) is 28.7 Å². The maximum Gasteiger partial charge on any atom is 0.249 e. The number of hydrogen-bond donors (Lipinski definition) is 1. The topological polar surface area (TPSA) is 91.4 Å². The van der Waals surface area contributed by atoms with Crippen LogP contribution in [-0.2, 0) is 17.8 Å². The molecule has 1 amide bonds. The van der Waals surface area contributed by atoms with Crippen molar-refractivity contribution >= 4 is 11.6 Å². The van der Waals surface area contributed by atoms with Gasteiger partial charge in [-0.1, -0.05) is 6.92 Å². The second-order valence-corrected chi connectivity index (χ2v) is 6.37. The van der Waals surface area contributed by atoms with E-state index in [2.05, 4.69) is 15.5 Å². The molecule has 3 rings (SSSR count). The minimum atomic E-state index is -0.163. The maximum atomic E-state index is 12.6. The lowest BCUT2D eigenvalue weighted by molar-refractivity contribution is -0.116. The minimum absolute atomic E-state index is 0.159. The first-order valence-corrected chi connectivity index (χ1v) is 8.97. The molecule has 2 heterocycles. The van der Waals surface area contributed by atoms with Crippen molar-refractivity contribution < 1.29 is 18.7 Å². The monoisotopic (exact) mass is 384 g/mol. The molecule has 28 heavy (non-hydrogen) atoms. The normalized spacial score (nSPS) is 10.8. The van der Waals surface area contributed by atoms with Gasteiger partial charge in [-0.25, -0.2) is 0 Å². The molecule has 1 aromatic carbocycles. The molecule has 8 nitrogen and oxygen atoms in total. The SMILES string of the molecule is CCc1nnc(-c2cc(C)n(CC(=O)Nc3cc(OC)cc(OC)c3)c2C)o1. The van der Waals surface area contributed by atoms with Crippen molar-refractivity contribution in [3.8, 4) is 23.0 Å². The fourth-order valence-corrected chi connectivity index (χ4v) is 2.99. The number of benzene rings is 1. The second kappa shape index (κ2) is 8.16. The Hall–Kier alpha value is -3.29. The molecule has 0 radical (unpaired) electrons. The molecule has 2 aromatic heterocycles. The number of carbonyl (C=O) groups is 1. The van der Waals surface area contributed by atoms with Crippen molar-refractivity contribution in [2.45, 2.75) is 33.7 Å². The molecule has 8 heteroatoms. The summed E-state index contributed by atoms with van der Waals surface area (Å²) in [4.78, 5) is 12.6. The summed E-state index contributed by atoms with van der Waals surface area (Å²) in [5.74, 6) is 2.10. The zero-order valence-corrected chi connectivity index (χ0v) is 16.7. The van der Waals surface area contributed by atoms with E-state index in [1.807, 2.05) is 31.4 Å². The lowest BCUT2D eigenvalue weighted by atomic mass is 10.2. The van der Waals surface area contributed by atoms with Crippen molar-refractivity contribution in [2.24, 2.45) is 0 Å². The van der Waals surface area contributed by atoms with Crippen LogP contribution in [0.25, 0.3) is 11.5 Å². The highest BCUT2D eigenvalue weighted by atomic mass is 16.5. The maximum absolute atomic E-state index is 12.6. The smallest absolute Gasteiger partial charge is 0.249 e. The summed E-state index contributed by atoms with van der Waals surface area (Å²) in [6.45, 7) is 5.99. The van der Waals surface area contributed by atoms with E-state index in [1.165, 1.54) is 0 Å². The molecule has 0 atom stereocenters. The van der Waals surface area contributed by atoms with Gasteiger partial charge in [0.05, 0.1) is 19.8 Å². The molecule has 0 saturated carbocycles. The number of ether oxygens (including phenoxy) is 2. The molecule has 3 aromatic rings. The van der Waals surface area contributed by atoms with Crippen molar-refractivity contribution in [3.63, 3.8) is 0 Å². The van der Waals surface area contributed by atoms with Gasteiger partial charge in [0.25, 0.3) is 0 Å². The van der Waals surface area contributed by atoms with Crippen LogP contribution in [0, 0.1) is 13.8 Å². The molecule has 0 aliphatic heterocycles. The lowest BCUT2D eigenvalue weighted by Crippen LogP contribution is -2.20. The summed E-state index contributed by atoms with van der Waals surface area (Å²) in [5, 5.41) is 11.0. The zero-order chi connectivity index (χ0) is 20.3. The predicted octanol–water partition coefficient (Wildman–Crippen LogP) is 3.37. The molecular formula is C20H24N4O4. The van der Waals surface area contributed by atoms with Gasteiger partial charge in [-0.2, -0.15) is 0 Å². The van der Waals surface area contributed by atoms with E-state index in [4.69, 9.17) is 13.9 Å². The summed E-state index contributed by atoms with van der Waals surface area (Å²) in [6, 6.07) is 7.18. The second-order valence-electron chi connectivity index (χ2n) is 6.37. The van der Waals surface area contributed by atoms with E-state index < -0.39 is 0 Å². The number of anilines is 1. The van der Waals surface area contributed by atoms with Gasteiger partial charge in [0.1, 0.15) is 18.0 Å². The Kier molecular flexibility index (Phi) is 5.67. The van der Waals surface area contributed by atoms with Crippen LogP contribution >= 0.6 is 0 Å². The van der Waals surface area contributed by atoms with Gasteiger partial charge in [0, 0.05) is 41.7 Å². The fourth-order valence-electron chi connectivity index (χ4n) is 2.99. The number of aryl methyl sites for hydroxylation is 2. The van der Waals surface area contributed by atoms with Gasteiger partial charge in [-0.3, -0.25) is 4.79 Å². The summed E-state index contributed by atoms with van der Waals surface area (Å²) >= 11 is 0. The number of carbonyl (C=O) groups excluding carboxylic acids is 1. The van der Waals surface area contributed by atoms with Gasteiger partial charge in [0.2, 0.25) is 17.7 Å². The minimum Gasteiger partial charge on any atom is -0.497 e. The molecule has 1 N–H and O–H groups in total. The number of methoxy groups -OCH3 is 2. The highest BCUT2D eigenvalue weighted by Crippen LogP contribution is 2.27.